The number of nitriles is 1. The van der Waals surface area contributed by atoms with Crippen LogP contribution in [-0.4, -0.2) is 39.0 Å². The molecular formula is C20H16F3N5O4S. The number of benzene rings is 1. The predicted octanol–water partition coefficient (Wildman–Crippen LogP) is 3.01. The van der Waals surface area contributed by atoms with Gasteiger partial charge in [0.25, 0.3) is 0 Å². The van der Waals surface area contributed by atoms with Gasteiger partial charge in [0.05, 0.1) is 16.3 Å². The van der Waals surface area contributed by atoms with Crippen molar-refractivity contribution < 1.29 is 26.8 Å². The zero-order valence-corrected chi connectivity index (χ0v) is 17.9. The van der Waals surface area contributed by atoms with E-state index in [-0.39, 0.29) is 33.1 Å². The number of hydrogen-bond acceptors (Lipinski definition) is 7. The molecule has 1 aromatic carbocycles. The van der Waals surface area contributed by atoms with E-state index in [0.29, 0.717) is 17.4 Å². The van der Waals surface area contributed by atoms with Crippen LogP contribution in [0.25, 0.3) is 16.9 Å². The number of rotatable bonds is 5. The van der Waals surface area contributed by atoms with Crippen LogP contribution >= 0.6 is 0 Å². The number of imidazole rings is 1. The standard InChI is InChI=1S/C20H16F3N5O4S/c1-2-33(31,32)16-7-11(14(9-24)26-30)3-6-13(16)15-10-27-18(25-15)8-17(20(21,22)23)28(19(27)29)12-4-5-12/h3,6-8,10,12,30H,2,4-5H2,1H3/b26-14+. The van der Waals surface area contributed by atoms with Crippen molar-refractivity contribution in [1.29, 1.82) is 5.26 Å². The van der Waals surface area contributed by atoms with Crippen LogP contribution in [-0.2, 0) is 16.0 Å². The number of sulfone groups is 1. The number of hydrogen-bond donors (Lipinski definition) is 1. The summed E-state index contributed by atoms with van der Waals surface area (Å²) in [5.41, 5.74) is -2.72. The minimum atomic E-state index is -4.77. The zero-order chi connectivity index (χ0) is 24.1. The zero-order valence-electron chi connectivity index (χ0n) is 17.0. The van der Waals surface area contributed by atoms with Gasteiger partial charge in [0.15, 0.2) is 15.5 Å². The van der Waals surface area contributed by atoms with Crippen LogP contribution in [0.4, 0.5) is 13.2 Å². The van der Waals surface area contributed by atoms with Crippen molar-refractivity contribution in [3.8, 4) is 17.3 Å². The van der Waals surface area contributed by atoms with Crippen LogP contribution in [0, 0.1) is 11.3 Å². The first-order valence-corrected chi connectivity index (χ1v) is 11.4. The molecule has 0 aliphatic heterocycles. The van der Waals surface area contributed by atoms with E-state index >= 15 is 0 Å². The fourth-order valence-electron chi connectivity index (χ4n) is 3.53. The second kappa shape index (κ2) is 7.73. The largest absolute Gasteiger partial charge is 0.431 e. The van der Waals surface area contributed by atoms with Gasteiger partial charge < -0.3 is 5.21 Å². The van der Waals surface area contributed by atoms with Crippen LogP contribution in [0.3, 0.4) is 0 Å². The summed E-state index contributed by atoms with van der Waals surface area (Å²) in [6.07, 6.45) is -2.69. The molecule has 1 N–H and O–H groups in total. The minimum absolute atomic E-state index is 0.0231. The first-order valence-electron chi connectivity index (χ1n) is 9.73. The first kappa shape index (κ1) is 22.5. The van der Waals surface area contributed by atoms with Gasteiger partial charge in [-0.25, -0.2) is 18.2 Å². The molecule has 1 fully saturated rings. The Morgan fingerprint density at radius 3 is 2.58 bits per heavy atom. The molecule has 0 radical (unpaired) electrons. The third-order valence-corrected chi connectivity index (χ3v) is 7.09. The van der Waals surface area contributed by atoms with Gasteiger partial charge in [0, 0.05) is 29.4 Å². The number of alkyl halides is 3. The maximum Gasteiger partial charge on any atom is 0.431 e. The Balaban J connectivity index is 1.99. The van der Waals surface area contributed by atoms with Gasteiger partial charge in [-0.2, -0.15) is 18.4 Å². The molecule has 33 heavy (non-hydrogen) atoms. The Hall–Kier alpha value is -3.66. The summed E-state index contributed by atoms with van der Waals surface area (Å²) >= 11 is 0. The van der Waals surface area contributed by atoms with E-state index in [1.54, 1.807) is 6.07 Å². The molecule has 1 saturated carbocycles. The molecule has 3 aromatic rings. The van der Waals surface area contributed by atoms with Crippen molar-refractivity contribution in [2.45, 2.75) is 36.9 Å². The molecule has 2 aromatic heterocycles. The SMILES string of the molecule is CCS(=O)(=O)c1cc(/C(C#N)=N/O)ccc1-c1cn2c(=O)n(C3CC3)c(C(F)(F)F)cc2n1. The molecule has 1 aliphatic carbocycles. The summed E-state index contributed by atoms with van der Waals surface area (Å²) in [5.74, 6) is -0.318. The Morgan fingerprint density at radius 1 is 1.33 bits per heavy atom. The average Bonchev–Trinajstić information content (AvgIpc) is 3.51. The summed E-state index contributed by atoms with van der Waals surface area (Å²) in [4.78, 5) is 16.7. The topological polar surface area (TPSA) is 130 Å². The normalized spacial score (nSPS) is 15.1. The Morgan fingerprint density at radius 2 is 2.03 bits per heavy atom. The second-order valence-corrected chi connectivity index (χ2v) is 9.69. The lowest BCUT2D eigenvalue weighted by atomic mass is 10.1. The molecule has 1 aliphatic rings. The van der Waals surface area contributed by atoms with Crippen molar-refractivity contribution >= 4 is 21.2 Å². The van der Waals surface area contributed by atoms with E-state index in [1.807, 2.05) is 0 Å². The summed E-state index contributed by atoms with van der Waals surface area (Å²) in [6.45, 7) is 1.39. The van der Waals surface area contributed by atoms with Crippen LogP contribution in [0.2, 0.25) is 0 Å². The third kappa shape index (κ3) is 3.86. The number of fused-ring (bicyclic) bond motifs is 1. The van der Waals surface area contributed by atoms with Crippen LogP contribution < -0.4 is 5.69 Å². The number of nitrogens with zero attached hydrogens (tertiary/aromatic N) is 5. The van der Waals surface area contributed by atoms with Gasteiger partial charge in [-0.05, 0) is 18.9 Å². The Labute approximate surface area is 184 Å². The minimum Gasteiger partial charge on any atom is -0.410 e. The van der Waals surface area contributed by atoms with Crippen LogP contribution in [0.15, 0.2) is 45.3 Å². The van der Waals surface area contributed by atoms with Crippen molar-refractivity contribution in [2.75, 3.05) is 5.75 Å². The molecule has 13 heteroatoms. The molecule has 0 bridgehead atoms. The molecule has 0 amide bonds. The molecule has 0 spiro atoms. The smallest absolute Gasteiger partial charge is 0.410 e. The van der Waals surface area contributed by atoms with Gasteiger partial charge in [-0.1, -0.05) is 24.2 Å². The lowest BCUT2D eigenvalue weighted by molar-refractivity contribution is -0.144. The predicted molar refractivity (Wildman–Crippen MR) is 110 cm³/mol. The van der Waals surface area contributed by atoms with Crippen LogP contribution in [0.5, 0.6) is 0 Å². The lowest BCUT2D eigenvalue weighted by Crippen LogP contribution is -2.31. The van der Waals surface area contributed by atoms with E-state index in [4.69, 9.17) is 10.5 Å². The highest BCUT2D eigenvalue weighted by Gasteiger charge is 2.40. The van der Waals surface area contributed by atoms with Gasteiger partial charge >= 0.3 is 11.9 Å². The highest BCUT2D eigenvalue weighted by Crippen LogP contribution is 2.39. The van der Waals surface area contributed by atoms with Gasteiger partial charge in [0.1, 0.15) is 17.4 Å². The van der Waals surface area contributed by atoms with Gasteiger partial charge in [0.2, 0.25) is 0 Å². The molecule has 0 unspecified atom stereocenters. The molecule has 2 heterocycles. The maximum atomic E-state index is 13.6. The summed E-state index contributed by atoms with van der Waals surface area (Å²) in [6, 6.07) is 5.58. The van der Waals surface area contributed by atoms with Gasteiger partial charge in [-0.3, -0.25) is 8.97 Å². The van der Waals surface area contributed by atoms with Crippen LogP contribution in [0.1, 0.15) is 37.1 Å². The molecular weight excluding hydrogens is 463 g/mol. The second-order valence-electron chi connectivity index (χ2n) is 7.44. The molecule has 0 atom stereocenters. The molecule has 172 valence electrons. The van der Waals surface area contributed by atoms with Crippen molar-refractivity contribution in [2.24, 2.45) is 5.16 Å². The van der Waals surface area contributed by atoms with Crippen molar-refractivity contribution in [3.05, 3.63) is 52.2 Å². The first-order chi connectivity index (χ1) is 15.5. The Kier molecular flexibility index (Phi) is 5.28. The third-order valence-electron chi connectivity index (χ3n) is 5.33. The van der Waals surface area contributed by atoms with Crippen molar-refractivity contribution in [3.63, 3.8) is 0 Å². The Bertz CT molecular complexity index is 1510. The van der Waals surface area contributed by atoms with Gasteiger partial charge in [-0.15, -0.1) is 0 Å². The maximum absolute atomic E-state index is 13.6. The summed E-state index contributed by atoms with van der Waals surface area (Å²) in [7, 11) is -3.90. The van der Waals surface area contributed by atoms with E-state index in [1.165, 1.54) is 25.3 Å². The quantitative estimate of drug-likeness (QED) is 0.340. The summed E-state index contributed by atoms with van der Waals surface area (Å²) < 4.78 is 67.9. The summed E-state index contributed by atoms with van der Waals surface area (Å²) in [5, 5.41) is 20.9. The van der Waals surface area contributed by atoms with Crippen molar-refractivity contribution in [1.82, 2.24) is 14.0 Å². The van der Waals surface area contributed by atoms with E-state index in [2.05, 4.69) is 10.1 Å². The highest BCUT2D eigenvalue weighted by atomic mass is 32.2. The van der Waals surface area contributed by atoms with E-state index in [9.17, 15) is 26.4 Å². The average molecular weight is 479 g/mol. The lowest BCUT2D eigenvalue weighted by Gasteiger charge is -2.14. The van der Waals surface area contributed by atoms with E-state index < -0.39 is 39.2 Å². The molecule has 4 rings (SSSR count). The number of aromatic nitrogens is 3. The number of oxime groups is 1. The monoisotopic (exact) mass is 479 g/mol. The number of halogens is 3. The highest BCUT2D eigenvalue weighted by molar-refractivity contribution is 7.91. The fourth-order valence-corrected chi connectivity index (χ4v) is 4.66. The fraction of sp³-hybridized carbons (Fsp3) is 0.300. The molecule has 0 saturated heterocycles. The van der Waals surface area contributed by atoms with E-state index in [0.717, 1.165) is 16.5 Å². The molecule has 9 nitrogen and oxygen atoms in total.